The van der Waals surface area contributed by atoms with Gasteiger partial charge in [0.05, 0.1) is 5.92 Å². The number of ether oxygens (including phenoxy) is 1. The molecule has 88 valence electrons. The number of hydrogen-bond donors (Lipinski definition) is 0. The number of alkyl halides is 1. The Labute approximate surface area is 97.3 Å². The van der Waals surface area contributed by atoms with Crippen LogP contribution in [0, 0.1) is 11.8 Å². The van der Waals surface area contributed by atoms with Crippen LogP contribution in [0.5, 0.6) is 0 Å². The molecule has 1 fully saturated rings. The monoisotopic (exact) mass is 232 g/mol. The molecule has 3 atom stereocenters. The first kappa shape index (κ1) is 12.8. The lowest BCUT2D eigenvalue weighted by Gasteiger charge is -2.32. The second-order valence-electron chi connectivity index (χ2n) is 5.53. The predicted octanol–water partition coefficient (Wildman–Crippen LogP) is 3.37. The van der Waals surface area contributed by atoms with Gasteiger partial charge in [-0.2, -0.15) is 0 Å². The van der Waals surface area contributed by atoms with Gasteiger partial charge in [0, 0.05) is 5.38 Å². The number of rotatable bonds is 1. The van der Waals surface area contributed by atoms with Crippen molar-refractivity contribution >= 4 is 17.6 Å². The SMILES string of the molecule is C[C@@H]1CC(Cl)CC[C@H]1C(=O)OC(C)(C)C. The van der Waals surface area contributed by atoms with E-state index in [1.54, 1.807) is 0 Å². The standard InChI is InChI=1S/C12H21ClO2/c1-8-7-9(13)5-6-10(8)11(14)15-12(2,3)4/h8-10H,5-7H2,1-4H3/t8-,9?,10-/m1/s1. The maximum atomic E-state index is 11.9. The molecule has 1 aliphatic rings. The molecule has 1 saturated carbocycles. The highest BCUT2D eigenvalue weighted by molar-refractivity contribution is 6.20. The maximum absolute atomic E-state index is 11.9. The van der Waals surface area contributed by atoms with Gasteiger partial charge in [0.25, 0.3) is 0 Å². The topological polar surface area (TPSA) is 26.3 Å². The summed E-state index contributed by atoms with van der Waals surface area (Å²) in [5, 5.41) is 0.235. The average molecular weight is 233 g/mol. The first-order valence-corrected chi connectivity index (χ1v) is 6.10. The summed E-state index contributed by atoms with van der Waals surface area (Å²) in [6.07, 6.45) is 2.71. The van der Waals surface area contributed by atoms with Gasteiger partial charge in [-0.25, -0.2) is 0 Å². The molecule has 0 saturated heterocycles. The largest absolute Gasteiger partial charge is 0.460 e. The Balaban J connectivity index is 2.53. The van der Waals surface area contributed by atoms with Crippen LogP contribution >= 0.6 is 11.6 Å². The third-order valence-electron chi connectivity index (χ3n) is 2.81. The fourth-order valence-electron chi connectivity index (χ4n) is 2.06. The zero-order chi connectivity index (χ0) is 11.6. The molecule has 0 bridgehead atoms. The minimum Gasteiger partial charge on any atom is -0.460 e. The number of hydrogen-bond acceptors (Lipinski definition) is 2. The molecule has 1 aliphatic carbocycles. The van der Waals surface area contributed by atoms with E-state index in [4.69, 9.17) is 16.3 Å². The minimum absolute atomic E-state index is 0.0409. The van der Waals surface area contributed by atoms with Crippen LogP contribution in [0.25, 0.3) is 0 Å². The van der Waals surface area contributed by atoms with E-state index in [0.717, 1.165) is 19.3 Å². The molecular weight excluding hydrogens is 212 g/mol. The van der Waals surface area contributed by atoms with Crippen LogP contribution in [-0.4, -0.2) is 16.9 Å². The summed E-state index contributed by atoms with van der Waals surface area (Å²) in [7, 11) is 0. The highest BCUT2D eigenvalue weighted by atomic mass is 35.5. The van der Waals surface area contributed by atoms with Crippen LogP contribution in [0.1, 0.15) is 47.0 Å². The van der Waals surface area contributed by atoms with Gasteiger partial charge in [-0.3, -0.25) is 4.79 Å². The second kappa shape index (κ2) is 4.73. The first-order chi connectivity index (χ1) is 6.79. The van der Waals surface area contributed by atoms with Gasteiger partial charge in [0.1, 0.15) is 5.60 Å². The Morgan fingerprint density at radius 1 is 1.33 bits per heavy atom. The van der Waals surface area contributed by atoms with E-state index in [-0.39, 0.29) is 22.9 Å². The summed E-state index contributed by atoms with van der Waals surface area (Å²) in [4.78, 5) is 11.9. The van der Waals surface area contributed by atoms with Crippen LogP contribution in [0.4, 0.5) is 0 Å². The van der Waals surface area contributed by atoms with Crippen molar-refractivity contribution < 1.29 is 9.53 Å². The van der Waals surface area contributed by atoms with Gasteiger partial charge in [-0.1, -0.05) is 6.92 Å². The van der Waals surface area contributed by atoms with Crippen molar-refractivity contribution in [3.63, 3.8) is 0 Å². The molecule has 0 aromatic rings. The quantitative estimate of drug-likeness (QED) is 0.512. The van der Waals surface area contributed by atoms with Gasteiger partial charge < -0.3 is 4.74 Å². The third-order valence-corrected chi connectivity index (χ3v) is 3.21. The molecule has 2 nitrogen and oxygen atoms in total. The number of carbonyl (C=O) groups excluding carboxylic acids is 1. The first-order valence-electron chi connectivity index (χ1n) is 5.66. The van der Waals surface area contributed by atoms with Crippen LogP contribution in [0.2, 0.25) is 0 Å². The fraction of sp³-hybridized carbons (Fsp3) is 0.917. The fourth-order valence-corrected chi connectivity index (χ4v) is 2.47. The highest BCUT2D eigenvalue weighted by Gasteiger charge is 2.34. The van der Waals surface area contributed by atoms with Gasteiger partial charge >= 0.3 is 5.97 Å². The lowest BCUT2D eigenvalue weighted by Crippen LogP contribution is -2.35. The van der Waals surface area contributed by atoms with Gasteiger partial charge in [-0.15, -0.1) is 11.6 Å². The van der Waals surface area contributed by atoms with E-state index in [1.807, 2.05) is 20.8 Å². The Morgan fingerprint density at radius 2 is 1.93 bits per heavy atom. The molecule has 0 aliphatic heterocycles. The summed E-state index contributed by atoms with van der Waals surface area (Å²) in [6.45, 7) is 7.80. The Morgan fingerprint density at radius 3 is 2.40 bits per heavy atom. The van der Waals surface area contributed by atoms with Crippen molar-refractivity contribution in [3.8, 4) is 0 Å². The molecule has 0 amide bonds. The molecule has 0 N–H and O–H groups in total. The van der Waals surface area contributed by atoms with Crippen molar-refractivity contribution in [2.45, 2.75) is 57.9 Å². The normalized spacial score (nSPS) is 32.5. The summed E-state index contributed by atoms with van der Waals surface area (Å²) in [5.41, 5.74) is -0.380. The van der Waals surface area contributed by atoms with E-state index in [1.165, 1.54) is 0 Å². The lowest BCUT2D eigenvalue weighted by molar-refractivity contribution is -0.162. The third kappa shape index (κ3) is 4.02. The summed E-state index contributed by atoms with van der Waals surface area (Å²) in [5.74, 6) is 0.328. The molecule has 1 rings (SSSR count). The van der Waals surface area contributed by atoms with Crippen molar-refractivity contribution in [1.82, 2.24) is 0 Å². The highest BCUT2D eigenvalue weighted by Crippen LogP contribution is 2.34. The van der Waals surface area contributed by atoms with E-state index in [0.29, 0.717) is 5.92 Å². The van der Waals surface area contributed by atoms with Crippen molar-refractivity contribution in [2.75, 3.05) is 0 Å². The van der Waals surface area contributed by atoms with Gasteiger partial charge in [0.15, 0.2) is 0 Å². The minimum atomic E-state index is -0.380. The summed E-state index contributed by atoms with van der Waals surface area (Å²) in [6, 6.07) is 0. The van der Waals surface area contributed by atoms with E-state index < -0.39 is 0 Å². The molecule has 0 spiro atoms. The zero-order valence-corrected chi connectivity index (χ0v) is 10.8. The molecule has 0 aromatic carbocycles. The van der Waals surface area contributed by atoms with E-state index in [9.17, 15) is 4.79 Å². The number of carbonyl (C=O) groups is 1. The Hall–Kier alpha value is -0.240. The zero-order valence-electron chi connectivity index (χ0n) is 10.0. The average Bonchev–Trinajstić information content (AvgIpc) is 1.99. The number of esters is 1. The molecule has 0 heterocycles. The van der Waals surface area contributed by atoms with Crippen LogP contribution in [0.15, 0.2) is 0 Å². The van der Waals surface area contributed by atoms with E-state index in [2.05, 4.69) is 6.92 Å². The second-order valence-corrected chi connectivity index (χ2v) is 6.14. The maximum Gasteiger partial charge on any atom is 0.309 e. The summed E-state index contributed by atoms with van der Waals surface area (Å²) < 4.78 is 5.40. The van der Waals surface area contributed by atoms with E-state index >= 15 is 0 Å². The number of halogens is 1. The van der Waals surface area contributed by atoms with Crippen LogP contribution in [0.3, 0.4) is 0 Å². The Kier molecular flexibility index (Phi) is 4.05. The predicted molar refractivity (Wildman–Crippen MR) is 62.0 cm³/mol. The van der Waals surface area contributed by atoms with Gasteiger partial charge in [0.2, 0.25) is 0 Å². The molecular formula is C12H21ClO2. The van der Waals surface area contributed by atoms with Crippen molar-refractivity contribution in [3.05, 3.63) is 0 Å². The summed E-state index contributed by atoms with van der Waals surface area (Å²) >= 11 is 6.06. The molecule has 15 heavy (non-hydrogen) atoms. The van der Waals surface area contributed by atoms with Crippen molar-refractivity contribution in [2.24, 2.45) is 11.8 Å². The molecule has 0 radical (unpaired) electrons. The van der Waals surface area contributed by atoms with Crippen molar-refractivity contribution in [1.29, 1.82) is 0 Å². The smallest absolute Gasteiger partial charge is 0.309 e. The molecule has 3 heteroatoms. The van der Waals surface area contributed by atoms with Crippen LogP contribution < -0.4 is 0 Å². The van der Waals surface area contributed by atoms with Crippen LogP contribution in [-0.2, 0) is 9.53 Å². The van der Waals surface area contributed by atoms with Gasteiger partial charge in [-0.05, 0) is 46.0 Å². The molecule has 0 aromatic heterocycles. The molecule has 1 unspecified atom stereocenters. The Bertz CT molecular complexity index is 232. The lowest BCUT2D eigenvalue weighted by atomic mass is 9.80.